The molecule has 0 aliphatic carbocycles. The van der Waals surface area contributed by atoms with Crippen LogP contribution in [0, 0.1) is 3.57 Å². The number of carbonyl (C=O) groups is 1. The molecule has 1 aliphatic heterocycles. The second-order valence-corrected chi connectivity index (χ2v) is 9.98. The monoisotopic (exact) mass is 518 g/mol. The third kappa shape index (κ3) is 5.01. The molecule has 1 N–H and O–H groups in total. The Balaban J connectivity index is 1.87. The number of nitrogens with one attached hydrogen (secondary N) is 1. The van der Waals surface area contributed by atoms with Gasteiger partial charge in [-0.05, 0) is 77.9 Å². The van der Waals surface area contributed by atoms with Gasteiger partial charge >= 0.3 is 0 Å². The smallest absolute Gasteiger partial charge is 0.255 e. The number of hydrogen-bond donors (Lipinski definition) is 1. The van der Waals surface area contributed by atoms with E-state index in [-0.39, 0.29) is 21.4 Å². The van der Waals surface area contributed by atoms with E-state index in [0.717, 1.165) is 29.3 Å². The van der Waals surface area contributed by atoms with E-state index >= 15 is 0 Å². The average Bonchev–Trinajstić information content (AvgIpc) is 2.94. The van der Waals surface area contributed by atoms with Crippen molar-refractivity contribution in [2.45, 2.75) is 30.6 Å². The van der Waals surface area contributed by atoms with Gasteiger partial charge in [0.2, 0.25) is 10.0 Å². The van der Waals surface area contributed by atoms with Gasteiger partial charge in [-0.1, -0.05) is 24.4 Å². The fraction of sp³-hybridized carbons (Fsp3) is 0.316. The first-order chi connectivity index (χ1) is 12.9. The van der Waals surface area contributed by atoms with Crippen molar-refractivity contribution < 1.29 is 13.2 Å². The predicted octanol–water partition coefficient (Wildman–Crippen LogP) is 4.76. The van der Waals surface area contributed by atoms with Gasteiger partial charge in [-0.25, -0.2) is 8.42 Å². The van der Waals surface area contributed by atoms with Gasteiger partial charge in [0, 0.05) is 27.9 Å². The van der Waals surface area contributed by atoms with Crippen LogP contribution < -0.4 is 5.32 Å². The van der Waals surface area contributed by atoms with Gasteiger partial charge in [0.1, 0.15) is 4.90 Å². The molecule has 0 saturated carbocycles. The first-order valence-corrected chi connectivity index (χ1v) is 11.6. The average molecular weight is 519 g/mol. The molecular formula is C19H20ClIN2O3S. The first kappa shape index (κ1) is 20.6. The Morgan fingerprint density at radius 1 is 1.00 bits per heavy atom. The highest BCUT2D eigenvalue weighted by atomic mass is 127. The Hall–Kier alpha value is -1.16. The van der Waals surface area contributed by atoms with Crippen molar-refractivity contribution in [3.63, 3.8) is 0 Å². The van der Waals surface area contributed by atoms with Crippen molar-refractivity contribution >= 4 is 55.8 Å². The molecule has 1 aliphatic rings. The van der Waals surface area contributed by atoms with Crippen molar-refractivity contribution in [2.75, 3.05) is 18.4 Å². The number of sulfonamides is 1. The van der Waals surface area contributed by atoms with Crippen LogP contribution in [0.5, 0.6) is 0 Å². The van der Waals surface area contributed by atoms with E-state index in [4.69, 9.17) is 11.6 Å². The van der Waals surface area contributed by atoms with Crippen molar-refractivity contribution in [3.8, 4) is 0 Å². The van der Waals surface area contributed by atoms with E-state index in [1.54, 1.807) is 12.1 Å². The molecular weight excluding hydrogens is 499 g/mol. The minimum absolute atomic E-state index is 0.0127. The maximum Gasteiger partial charge on any atom is 0.255 e. The Morgan fingerprint density at radius 3 is 2.26 bits per heavy atom. The SMILES string of the molecule is O=C(Nc1ccc(I)cc1)c1ccc(Cl)c(S(=O)(=O)N2CCCCCC2)c1. The number of rotatable bonds is 4. The number of benzene rings is 2. The van der Waals surface area contributed by atoms with Gasteiger partial charge in [0.05, 0.1) is 5.02 Å². The predicted molar refractivity (Wildman–Crippen MR) is 116 cm³/mol. The summed E-state index contributed by atoms with van der Waals surface area (Å²) in [6.07, 6.45) is 3.73. The Labute approximate surface area is 178 Å². The number of carbonyl (C=O) groups excluding carboxylic acids is 1. The minimum Gasteiger partial charge on any atom is -0.322 e. The molecule has 5 nitrogen and oxygen atoms in total. The van der Waals surface area contributed by atoms with Crippen LogP contribution in [0.15, 0.2) is 47.4 Å². The van der Waals surface area contributed by atoms with Crippen molar-refractivity contribution in [1.82, 2.24) is 4.31 Å². The van der Waals surface area contributed by atoms with E-state index in [1.165, 1.54) is 22.5 Å². The van der Waals surface area contributed by atoms with Gasteiger partial charge in [0.25, 0.3) is 5.91 Å². The van der Waals surface area contributed by atoms with Crippen LogP contribution in [0.1, 0.15) is 36.0 Å². The molecule has 0 bridgehead atoms. The zero-order valence-corrected chi connectivity index (χ0v) is 18.4. The van der Waals surface area contributed by atoms with E-state index < -0.39 is 10.0 Å². The molecule has 0 spiro atoms. The van der Waals surface area contributed by atoms with Crippen LogP contribution in [-0.2, 0) is 10.0 Å². The molecule has 1 saturated heterocycles. The van der Waals surface area contributed by atoms with E-state index in [0.29, 0.717) is 18.8 Å². The van der Waals surface area contributed by atoms with Crippen LogP contribution >= 0.6 is 34.2 Å². The quantitative estimate of drug-likeness (QED) is 0.594. The second-order valence-electron chi connectivity index (χ2n) is 6.42. The summed E-state index contributed by atoms with van der Waals surface area (Å²) >= 11 is 8.37. The topological polar surface area (TPSA) is 66.5 Å². The zero-order chi connectivity index (χ0) is 19.4. The normalized spacial score (nSPS) is 15.9. The molecule has 0 aromatic heterocycles. The third-order valence-corrected chi connectivity index (χ3v) is 7.58. The molecule has 0 radical (unpaired) electrons. The number of nitrogens with zero attached hydrogens (tertiary/aromatic N) is 1. The van der Waals surface area contributed by atoms with Crippen molar-refractivity contribution in [2.24, 2.45) is 0 Å². The largest absolute Gasteiger partial charge is 0.322 e. The molecule has 1 amide bonds. The summed E-state index contributed by atoms with van der Waals surface area (Å²) in [7, 11) is -3.73. The second kappa shape index (κ2) is 8.89. The molecule has 27 heavy (non-hydrogen) atoms. The Bertz CT molecular complexity index is 924. The molecule has 8 heteroatoms. The summed E-state index contributed by atoms with van der Waals surface area (Å²) in [5, 5.41) is 2.91. The van der Waals surface area contributed by atoms with Gasteiger partial charge in [-0.3, -0.25) is 4.79 Å². The molecule has 144 valence electrons. The van der Waals surface area contributed by atoms with Crippen LogP contribution in [-0.4, -0.2) is 31.7 Å². The third-order valence-electron chi connectivity index (χ3n) is 4.48. The summed E-state index contributed by atoms with van der Waals surface area (Å²) in [4.78, 5) is 12.5. The summed E-state index contributed by atoms with van der Waals surface area (Å²) in [5.41, 5.74) is 0.902. The lowest BCUT2D eigenvalue weighted by molar-refractivity contribution is 0.102. The van der Waals surface area contributed by atoms with E-state index in [2.05, 4.69) is 27.9 Å². The summed E-state index contributed by atoms with van der Waals surface area (Å²) in [6.45, 7) is 0.968. The van der Waals surface area contributed by atoms with Gasteiger partial charge in [0.15, 0.2) is 0 Å². The minimum atomic E-state index is -3.73. The number of anilines is 1. The van der Waals surface area contributed by atoms with Gasteiger partial charge < -0.3 is 5.32 Å². The van der Waals surface area contributed by atoms with Crippen LogP contribution in [0.25, 0.3) is 0 Å². The zero-order valence-electron chi connectivity index (χ0n) is 14.6. The maximum atomic E-state index is 13.0. The molecule has 0 atom stereocenters. The number of amides is 1. The molecule has 0 unspecified atom stereocenters. The highest BCUT2D eigenvalue weighted by molar-refractivity contribution is 14.1. The summed E-state index contributed by atoms with van der Waals surface area (Å²) < 4.78 is 28.6. The van der Waals surface area contributed by atoms with Crippen LogP contribution in [0.2, 0.25) is 5.02 Å². The molecule has 1 heterocycles. The lowest BCUT2D eigenvalue weighted by atomic mass is 10.2. The van der Waals surface area contributed by atoms with Gasteiger partial charge in [-0.2, -0.15) is 4.31 Å². The van der Waals surface area contributed by atoms with Crippen molar-refractivity contribution in [1.29, 1.82) is 0 Å². The Morgan fingerprint density at radius 2 is 1.63 bits per heavy atom. The Kier molecular flexibility index (Phi) is 6.78. The summed E-state index contributed by atoms with van der Waals surface area (Å²) in [5.74, 6) is -0.375. The maximum absolute atomic E-state index is 13.0. The highest BCUT2D eigenvalue weighted by Gasteiger charge is 2.28. The van der Waals surface area contributed by atoms with E-state index in [1.807, 2.05) is 12.1 Å². The fourth-order valence-electron chi connectivity index (χ4n) is 3.00. The van der Waals surface area contributed by atoms with Crippen molar-refractivity contribution in [3.05, 3.63) is 56.6 Å². The lowest BCUT2D eigenvalue weighted by Crippen LogP contribution is -2.32. The lowest BCUT2D eigenvalue weighted by Gasteiger charge is -2.21. The van der Waals surface area contributed by atoms with E-state index in [9.17, 15) is 13.2 Å². The summed E-state index contributed by atoms with van der Waals surface area (Å²) in [6, 6.07) is 11.7. The molecule has 2 aromatic carbocycles. The molecule has 3 rings (SSSR count). The first-order valence-electron chi connectivity index (χ1n) is 8.74. The number of hydrogen-bond acceptors (Lipinski definition) is 3. The molecule has 1 fully saturated rings. The number of halogens is 2. The van der Waals surface area contributed by atoms with Crippen LogP contribution in [0.4, 0.5) is 5.69 Å². The standard InChI is InChI=1S/C19H20ClIN2O3S/c20-17-10-5-14(19(24)22-16-8-6-15(21)7-9-16)13-18(17)27(25,26)23-11-3-1-2-4-12-23/h5-10,13H,1-4,11-12H2,(H,22,24). The fourth-order valence-corrected chi connectivity index (χ4v) is 5.38. The highest BCUT2D eigenvalue weighted by Crippen LogP contribution is 2.28. The molecule has 2 aromatic rings. The van der Waals surface area contributed by atoms with Crippen LogP contribution in [0.3, 0.4) is 0 Å². The van der Waals surface area contributed by atoms with Gasteiger partial charge in [-0.15, -0.1) is 0 Å².